The zero-order valence-corrected chi connectivity index (χ0v) is 10.7. The number of nitrogen functional groups attached to an aromatic ring is 1. The van der Waals surface area contributed by atoms with Gasteiger partial charge in [-0.2, -0.15) is 0 Å². The van der Waals surface area contributed by atoms with Crippen molar-refractivity contribution < 1.29 is 9.90 Å². The molecular weight excluding hydrogens is 244 g/mol. The predicted octanol–water partition coefficient (Wildman–Crippen LogP) is 1.49. The molecule has 0 aliphatic carbocycles. The molecule has 6 nitrogen and oxygen atoms in total. The van der Waals surface area contributed by atoms with E-state index < -0.39 is 5.97 Å². The summed E-state index contributed by atoms with van der Waals surface area (Å²) in [7, 11) is 3.88. The topological polar surface area (TPSA) is 92.3 Å². The summed E-state index contributed by atoms with van der Waals surface area (Å²) < 4.78 is 0. The molecule has 98 valence electrons. The van der Waals surface area contributed by atoms with Crippen LogP contribution in [0.25, 0.3) is 11.4 Å². The van der Waals surface area contributed by atoms with Gasteiger partial charge in [0, 0.05) is 31.4 Å². The summed E-state index contributed by atoms with van der Waals surface area (Å²) in [6.45, 7) is 0. The van der Waals surface area contributed by atoms with Crippen molar-refractivity contribution in [3.8, 4) is 11.4 Å². The number of anilines is 2. The van der Waals surface area contributed by atoms with Crippen LogP contribution in [-0.2, 0) is 0 Å². The molecule has 1 aromatic heterocycles. The van der Waals surface area contributed by atoms with Gasteiger partial charge in [-0.1, -0.05) is 0 Å². The van der Waals surface area contributed by atoms with Gasteiger partial charge in [0.05, 0.1) is 0 Å². The Labute approximate surface area is 110 Å². The molecular formula is C13H14N4O2. The van der Waals surface area contributed by atoms with Crippen molar-refractivity contribution in [3.63, 3.8) is 0 Å². The number of rotatable bonds is 3. The van der Waals surface area contributed by atoms with Crippen LogP contribution in [0.1, 0.15) is 10.5 Å². The molecule has 6 heteroatoms. The third-order valence-corrected chi connectivity index (χ3v) is 2.61. The van der Waals surface area contributed by atoms with Gasteiger partial charge in [0.25, 0.3) is 0 Å². The van der Waals surface area contributed by atoms with Crippen LogP contribution in [0, 0.1) is 0 Å². The molecule has 0 unspecified atom stereocenters. The molecule has 0 fully saturated rings. The zero-order valence-electron chi connectivity index (χ0n) is 10.7. The molecule has 3 N–H and O–H groups in total. The van der Waals surface area contributed by atoms with Crippen LogP contribution in [0.15, 0.2) is 30.3 Å². The first-order valence-electron chi connectivity index (χ1n) is 5.63. The average Bonchev–Trinajstić information content (AvgIpc) is 2.38. The smallest absolute Gasteiger partial charge is 0.354 e. The van der Waals surface area contributed by atoms with E-state index in [1.54, 1.807) is 0 Å². The quantitative estimate of drug-likeness (QED) is 0.866. The number of nitrogens with two attached hydrogens (primary N) is 1. The lowest BCUT2D eigenvalue weighted by Crippen LogP contribution is -2.08. The van der Waals surface area contributed by atoms with Crippen LogP contribution in [0.5, 0.6) is 0 Å². The number of aromatic nitrogens is 2. The Morgan fingerprint density at radius 1 is 1.21 bits per heavy atom. The number of nitrogens with zero attached hydrogens (tertiary/aromatic N) is 3. The lowest BCUT2D eigenvalue weighted by atomic mass is 10.2. The second kappa shape index (κ2) is 4.93. The lowest BCUT2D eigenvalue weighted by Gasteiger charge is -2.12. The first kappa shape index (κ1) is 12.8. The van der Waals surface area contributed by atoms with Gasteiger partial charge in [-0.05, 0) is 24.3 Å². The Morgan fingerprint density at radius 3 is 2.37 bits per heavy atom. The van der Waals surface area contributed by atoms with Gasteiger partial charge in [-0.15, -0.1) is 0 Å². The molecule has 0 atom stereocenters. The van der Waals surface area contributed by atoms with E-state index in [1.165, 1.54) is 6.07 Å². The summed E-state index contributed by atoms with van der Waals surface area (Å²) in [5, 5.41) is 8.95. The summed E-state index contributed by atoms with van der Waals surface area (Å²) in [5.74, 6) is -0.679. The van der Waals surface area contributed by atoms with E-state index in [0.29, 0.717) is 5.82 Å². The SMILES string of the molecule is CN(C)c1ccc(-c2nc(N)cc(C(=O)O)n2)cc1. The van der Waals surface area contributed by atoms with Gasteiger partial charge in [0.1, 0.15) is 5.82 Å². The van der Waals surface area contributed by atoms with Crippen molar-refractivity contribution >= 4 is 17.5 Å². The van der Waals surface area contributed by atoms with Gasteiger partial charge >= 0.3 is 5.97 Å². The van der Waals surface area contributed by atoms with Crippen LogP contribution in [0.3, 0.4) is 0 Å². The van der Waals surface area contributed by atoms with Gasteiger partial charge in [-0.25, -0.2) is 14.8 Å². The third-order valence-electron chi connectivity index (χ3n) is 2.61. The molecule has 0 spiro atoms. The van der Waals surface area contributed by atoms with Crippen molar-refractivity contribution in [3.05, 3.63) is 36.0 Å². The first-order chi connectivity index (χ1) is 8.97. The van der Waals surface area contributed by atoms with Crippen LogP contribution in [0.4, 0.5) is 11.5 Å². The zero-order chi connectivity index (χ0) is 14.0. The highest BCUT2D eigenvalue weighted by atomic mass is 16.4. The molecule has 0 aliphatic rings. The van der Waals surface area contributed by atoms with Gasteiger partial charge in [0.15, 0.2) is 11.5 Å². The van der Waals surface area contributed by atoms with Crippen molar-refractivity contribution in [1.82, 2.24) is 9.97 Å². The molecule has 0 bridgehead atoms. The number of carboxylic acid groups (broad SMARTS) is 1. The molecule has 1 heterocycles. The number of aromatic carboxylic acids is 1. The van der Waals surface area contributed by atoms with Gasteiger partial charge in [0.2, 0.25) is 0 Å². The molecule has 2 rings (SSSR count). The third kappa shape index (κ3) is 2.79. The fourth-order valence-electron chi connectivity index (χ4n) is 1.61. The second-order valence-corrected chi connectivity index (χ2v) is 4.25. The minimum atomic E-state index is -1.12. The van der Waals surface area contributed by atoms with Crippen LogP contribution >= 0.6 is 0 Å². The monoisotopic (exact) mass is 258 g/mol. The molecule has 1 aromatic carbocycles. The number of hydrogen-bond acceptors (Lipinski definition) is 5. The van der Waals surface area contributed by atoms with E-state index in [2.05, 4.69) is 9.97 Å². The van der Waals surface area contributed by atoms with Crippen molar-refractivity contribution in [2.75, 3.05) is 24.7 Å². The summed E-state index contributed by atoms with van der Waals surface area (Å²) in [6, 6.07) is 8.70. The highest BCUT2D eigenvalue weighted by Crippen LogP contribution is 2.20. The van der Waals surface area contributed by atoms with E-state index in [-0.39, 0.29) is 11.5 Å². The van der Waals surface area contributed by atoms with Crippen molar-refractivity contribution in [2.45, 2.75) is 0 Å². The van der Waals surface area contributed by atoms with Crippen LogP contribution in [-0.4, -0.2) is 35.1 Å². The highest BCUT2D eigenvalue weighted by molar-refractivity contribution is 5.86. The Morgan fingerprint density at radius 2 is 1.84 bits per heavy atom. The molecule has 0 saturated heterocycles. The number of benzene rings is 1. The van der Waals surface area contributed by atoms with E-state index in [0.717, 1.165) is 11.3 Å². The molecule has 0 radical (unpaired) electrons. The maximum atomic E-state index is 10.9. The lowest BCUT2D eigenvalue weighted by molar-refractivity contribution is 0.0690. The van der Waals surface area contributed by atoms with Gasteiger partial charge < -0.3 is 15.7 Å². The van der Waals surface area contributed by atoms with Gasteiger partial charge in [-0.3, -0.25) is 0 Å². The standard InChI is InChI=1S/C13H14N4O2/c1-17(2)9-5-3-8(4-6-9)12-15-10(13(18)19)7-11(14)16-12/h3-7H,1-2H3,(H,18,19)(H2,14,15,16). The molecule has 0 aliphatic heterocycles. The Hall–Kier alpha value is -2.63. The maximum absolute atomic E-state index is 10.9. The molecule has 0 amide bonds. The molecule has 19 heavy (non-hydrogen) atoms. The number of carboxylic acids is 1. The fraction of sp³-hybridized carbons (Fsp3) is 0.154. The predicted molar refractivity (Wildman–Crippen MR) is 73.2 cm³/mol. The second-order valence-electron chi connectivity index (χ2n) is 4.25. The van der Waals surface area contributed by atoms with Crippen molar-refractivity contribution in [1.29, 1.82) is 0 Å². The first-order valence-corrected chi connectivity index (χ1v) is 5.63. The van der Waals surface area contributed by atoms with Crippen LogP contribution < -0.4 is 10.6 Å². The Bertz CT molecular complexity index is 609. The van der Waals surface area contributed by atoms with E-state index in [1.807, 2.05) is 43.3 Å². The summed E-state index contributed by atoms with van der Waals surface area (Å²) >= 11 is 0. The number of hydrogen-bond donors (Lipinski definition) is 2. The normalized spacial score (nSPS) is 10.2. The largest absolute Gasteiger partial charge is 0.477 e. The molecule has 2 aromatic rings. The van der Waals surface area contributed by atoms with E-state index in [9.17, 15) is 4.79 Å². The van der Waals surface area contributed by atoms with Crippen LogP contribution in [0.2, 0.25) is 0 Å². The van der Waals surface area contributed by atoms with E-state index >= 15 is 0 Å². The summed E-state index contributed by atoms with van der Waals surface area (Å²) in [4.78, 5) is 20.9. The fourth-order valence-corrected chi connectivity index (χ4v) is 1.61. The van der Waals surface area contributed by atoms with E-state index in [4.69, 9.17) is 10.8 Å². The average molecular weight is 258 g/mol. The summed E-state index contributed by atoms with van der Waals surface area (Å²) in [5.41, 5.74) is 7.23. The Kier molecular flexibility index (Phi) is 3.33. The minimum absolute atomic E-state index is 0.112. The summed E-state index contributed by atoms with van der Waals surface area (Å²) in [6.07, 6.45) is 0. The Balaban J connectivity index is 2.43. The number of carbonyl (C=O) groups is 1. The minimum Gasteiger partial charge on any atom is -0.477 e. The van der Waals surface area contributed by atoms with Crippen molar-refractivity contribution in [2.24, 2.45) is 0 Å². The molecule has 0 saturated carbocycles. The maximum Gasteiger partial charge on any atom is 0.354 e. The highest BCUT2D eigenvalue weighted by Gasteiger charge is 2.10.